The quantitative estimate of drug-likeness (QED) is 0.111. The minimum atomic E-state index is -0.722. The number of benzene rings is 2. The Hall–Kier alpha value is -3.08. The second-order valence-corrected chi connectivity index (χ2v) is 9.82. The molecule has 0 saturated carbocycles. The van der Waals surface area contributed by atoms with Crippen LogP contribution in [0.25, 0.3) is 11.3 Å². The molecule has 0 aliphatic rings. The molecule has 4 nitrogen and oxygen atoms in total. The lowest BCUT2D eigenvalue weighted by Gasteiger charge is -2.08. The van der Waals surface area contributed by atoms with Crippen molar-refractivity contribution in [2.24, 2.45) is 0 Å². The zero-order valence-corrected chi connectivity index (χ0v) is 22.5. The van der Waals surface area contributed by atoms with Gasteiger partial charge in [-0.25, -0.2) is 14.2 Å². The van der Waals surface area contributed by atoms with Crippen LogP contribution in [0.1, 0.15) is 106 Å². The summed E-state index contributed by atoms with van der Waals surface area (Å²) in [5.74, 6) is -1.35. The van der Waals surface area contributed by atoms with Crippen LogP contribution in [0.2, 0.25) is 0 Å². The molecule has 0 N–H and O–H groups in total. The van der Waals surface area contributed by atoms with Gasteiger partial charge in [-0.05, 0) is 48.9 Å². The van der Waals surface area contributed by atoms with E-state index in [0.29, 0.717) is 5.69 Å². The molecule has 0 spiro atoms. The maximum Gasteiger partial charge on any atom is 0.364 e. The number of esters is 1. The van der Waals surface area contributed by atoms with Crippen LogP contribution in [0.3, 0.4) is 0 Å². The second-order valence-electron chi connectivity index (χ2n) is 9.82. The van der Waals surface area contributed by atoms with Crippen molar-refractivity contribution in [1.29, 1.82) is 0 Å². The van der Waals surface area contributed by atoms with E-state index in [9.17, 15) is 9.18 Å². The van der Waals surface area contributed by atoms with Gasteiger partial charge < -0.3 is 4.74 Å². The maximum atomic E-state index is 14.6. The highest BCUT2D eigenvalue weighted by molar-refractivity contribution is 5.88. The van der Waals surface area contributed by atoms with E-state index in [1.54, 1.807) is 6.20 Å². The van der Waals surface area contributed by atoms with E-state index in [-0.39, 0.29) is 11.4 Å². The molecular formula is C32H41FN2O2. The van der Waals surface area contributed by atoms with Crippen molar-refractivity contribution in [2.45, 2.75) is 97.3 Å². The third kappa shape index (κ3) is 9.71. The SMILES string of the molecule is CCCCCCCCCc1ccc(OC(=O)c2cnc(-c3ccc(CCCCCC)cc3)cn2)c(F)c1. The molecule has 0 unspecified atom stereocenters. The lowest BCUT2D eigenvalue weighted by atomic mass is 10.0. The molecule has 1 heterocycles. The number of carbonyl (C=O) groups is 1. The summed E-state index contributed by atoms with van der Waals surface area (Å²) in [6.45, 7) is 4.43. The number of carbonyl (C=O) groups excluding carboxylic acids is 1. The molecule has 0 bridgehead atoms. The molecule has 198 valence electrons. The first-order chi connectivity index (χ1) is 18.1. The fraction of sp³-hybridized carbons (Fsp3) is 0.469. The molecule has 1 aromatic heterocycles. The number of hydrogen-bond donors (Lipinski definition) is 0. The van der Waals surface area contributed by atoms with Gasteiger partial charge in [-0.1, -0.05) is 102 Å². The molecule has 2 aromatic carbocycles. The van der Waals surface area contributed by atoms with Crippen molar-refractivity contribution in [3.63, 3.8) is 0 Å². The summed E-state index contributed by atoms with van der Waals surface area (Å²) in [7, 11) is 0. The van der Waals surface area contributed by atoms with Gasteiger partial charge in [0.15, 0.2) is 17.3 Å². The van der Waals surface area contributed by atoms with Gasteiger partial charge in [0.25, 0.3) is 0 Å². The number of halogens is 1. The average Bonchev–Trinajstić information content (AvgIpc) is 2.92. The van der Waals surface area contributed by atoms with Crippen LogP contribution < -0.4 is 4.74 Å². The van der Waals surface area contributed by atoms with Crippen LogP contribution in [0.15, 0.2) is 54.9 Å². The normalized spacial score (nSPS) is 11.0. The Kier molecular flexibility index (Phi) is 12.2. The van der Waals surface area contributed by atoms with Crippen LogP contribution in [-0.4, -0.2) is 15.9 Å². The number of aromatic nitrogens is 2. The number of nitrogens with zero attached hydrogens (tertiary/aromatic N) is 2. The highest BCUT2D eigenvalue weighted by Gasteiger charge is 2.15. The minimum absolute atomic E-state index is 0.0443. The van der Waals surface area contributed by atoms with Crippen molar-refractivity contribution in [3.8, 4) is 17.0 Å². The predicted octanol–water partition coefficient (Wildman–Crippen LogP) is 8.92. The molecule has 0 saturated heterocycles. The summed E-state index contributed by atoms with van der Waals surface area (Å²) < 4.78 is 19.8. The summed E-state index contributed by atoms with van der Waals surface area (Å²) in [6, 6.07) is 13.1. The Morgan fingerprint density at radius 1 is 0.730 bits per heavy atom. The number of unbranched alkanes of at least 4 members (excludes halogenated alkanes) is 9. The fourth-order valence-electron chi connectivity index (χ4n) is 4.40. The van der Waals surface area contributed by atoms with Crippen molar-refractivity contribution in [2.75, 3.05) is 0 Å². The van der Waals surface area contributed by atoms with E-state index in [4.69, 9.17) is 4.74 Å². The van der Waals surface area contributed by atoms with Gasteiger partial charge >= 0.3 is 5.97 Å². The largest absolute Gasteiger partial charge is 0.419 e. The molecule has 0 atom stereocenters. The van der Waals surface area contributed by atoms with Gasteiger partial charge in [0, 0.05) is 5.56 Å². The van der Waals surface area contributed by atoms with E-state index >= 15 is 0 Å². The Morgan fingerprint density at radius 3 is 1.95 bits per heavy atom. The van der Waals surface area contributed by atoms with Gasteiger partial charge in [0.05, 0.1) is 18.1 Å². The van der Waals surface area contributed by atoms with Gasteiger partial charge in [0.1, 0.15) is 0 Å². The molecule has 5 heteroatoms. The van der Waals surface area contributed by atoms with Crippen molar-refractivity contribution in [1.82, 2.24) is 9.97 Å². The van der Waals surface area contributed by atoms with E-state index in [1.165, 1.54) is 81.7 Å². The maximum absolute atomic E-state index is 14.6. The molecule has 0 aliphatic heterocycles. The Morgan fingerprint density at radius 2 is 1.32 bits per heavy atom. The monoisotopic (exact) mass is 504 g/mol. The van der Waals surface area contributed by atoms with Crippen molar-refractivity contribution >= 4 is 5.97 Å². The number of aryl methyl sites for hydroxylation is 2. The van der Waals surface area contributed by atoms with Gasteiger partial charge in [-0.3, -0.25) is 4.98 Å². The third-order valence-corrected chi connectivity index (χ3v) is 6.70. The lowest BCUT2D eigenvalue weighted by Crippen LogP contribution is -2.12. The Balaban J connectivity index is 1.48. The molecule has 0 amide bonds. The molecule has 37 heavy (non-hydrogen) atoms. The summed E-state index contributed by atoms with van der Waals surface area (Å²) >= 11 is 0. The summed E-state index contributed by atoms with van der Waals surface area (Å²) in [6.07, 6.45) is 18.3. The Bertz CT molecular complexity index is 1080. The zero-order chi connectivity index (χ0) is 26.3. The number of hydrogen-bond acceptors (Lipinski definition) is 4. The molecule has 0 aliphatic carbocycles. The minimum Gasteiger partial charge on any atom is -0.419 e. The standard InChI is InChI=1S/C32H41FN2O2/c1-3-5-7-9-10-11-13-15-26-18-21-31(28(33)22-26)37-32(36)30-24-34-29(23-35-30)27-19-16-25(17-20-27)14-12-8-6-4-2/h16-24H,3-15H2,1-2H3. The molecule has 3 rings (SSSR count). The van der Waals surface area contributed by atoms with E-state index in [0.717, 1.165) is 36.8 Å². The van der Waals surface area contributed by atoms with E-state index in [2.05, 4.69) is 35.9 Å². The Labute approximate surface area is 221 Å². The number of rotatable bonds is 16. The van der Waals surface area contributed by atoms with Gasteiger partial charge in [-0.15, -0.1) is 0 Å². The van der Waals surface area contributed by atoms with E-state index < -0.39 is 11.8 Å². The summed E-state index contributed by atoms with van der Waals surface area (Å²) in [5.41, 5.74) is 3.88. The third-order valence-electron chi connectivity index (χ3n) is 6.70. The molecule has 3 aromatic rings. The van der Waals surface area contributed by atoms with Crippen LogP contribution in [0.4, 0.5) is 4.39 Å². The lowest BCUT2D eigenvalue weighted by molar-refractivity contribution is 0.0721. The first kappa shape index (κ1) is 28.5. The zero-order valence-electron chi connectivity index (χ0n) is 22.5. The smallest absolute Gasteiger partial charge is 0.364 e. The van der Waals surface area contributed by atoms with Crippen LogP contribution in [0.5, 0.6) is 5.75 Å². The molecule has 0 radical (unpaired) electrons. The second kappa shape index (κ2) is 15.9. The average molecular weight is 505 g/mol. The summed E-state index contributed by atoms with van der Waals surface area (Å²) in [4.78, 5) is 21.1. The fourth-order valence-corrected chi connectivity index (χ4v) is 4.40. The first-order valence-electron chi connectivity index (χ1n) is 14.0. The van der Waals surface area contributed by atoms with Crippen LogP contribution in [0, 0.1) is 5.82 Å². The highest BCUT2D eigenvalue weighted by atomic mass is 19.1. The predicted molar refractivity (Wildman–Crippen MR) is 148 cm³/mol. The topological polar surface area (TPSA) is 52.1 Å². The molecular weight excluding hydrogens is 463 g/mol. The van der Waals surface area contributed by atoms with Crippen molar-refractivity contribution < 1.29 is 13.9 Å². The number of ether oxygens (including phenoxy) is 1. The van der Waals surface area contributed by atoms with Gasteiger partial charge in [-0.2, -0.15) is 0 Å². The van der Waals surface area contributed by atoms with Crippen molar-refractivity contribution in [3.05, 3.63) is 77.5 Å². The molecule has 0 fully saturated rings. The van der Waals surface area contributed by atoms with E-state index in [1.807, 2.05) is 18.2 Å². The first-order valence-corrected chi connectivity index (χ1v) is 14.0. The van der Waals surface area contributed by atoms with Gasteiger partial charge in [0.2, 0.25) is 0 Å². The van der Waals surface area contributed by atoms with Crippen LogP contribution in [-0.2, 0) is 12.8 Å². The van der Waals surface area contributed by atoms with Crippen LogP contribution >= 0.6 is 0 Å². The highest BCUT2D eigenvalue weighted by Crippen LogP contribution is 2.22. The summed E-state index contributed by atoms with van der Waals surface area (Å²) in [5, 5.41) is 0.